The lowest BCUT2D eigenvalue weighted by molar-refractivity contribution is 0.0987. The van der Waals surface area contributed by atoms with Crippen LogP contribution in [-0.2, 0) is 24.9 Å². The third-order valence-corrected chi connectivity index (χ3v) is 7.17. The minimum atomic E-state index is -0.735. The number of benzene rings is 3. The van der Waals surface area contributed by atoms with E-state index in [2.05, 4.69) is 36.4 Å². The van der Waals surface area contributed by atoms with E-state index in [4.69, 9.17) is 15.9 Å². The quantitative estimate of drug-likeness (QED) is 0.340. The third kappa shape index (κ3) is 3.58. The SMILES string of the molecule is NC(=O)c1c2c(nn1CCO)-c1cn(C(c3ccccc3)(c3ccccc3)c3ccccc3)nc1CC2. The lowest BCUT2D eigenvalue weighted by Crippen LogP contribution is -2.38. The number of carbonyl (C=O) groups excluding carboxylic acids is 1. The third-order valence-electron chi connectivity index (χ3n) is 7.17. The largest absolute Gasteiger partial charge is 0.394 e. The topological polar surface area (TPSA) is 99.0 Å². The molecule has 6 rings (SSSR count). The molecule has 1 aliphatic carbocycles. The number of amides is 1. The van der Waals surface area contributed by atoms with Gasteiger partial charge in [-0.05, 0) is 29.5 Å². The summed E-state index contributed by atoms with van der Waals surface area (Å²) in [5.41, 5.74) is 11.9. The van der Waals surface area contributed by atoms with Crippen LogP contribution in [0.15, 0.2) is 97.2 Å². The lowest BCUT2D eigenvalue weighted by atomic mass is 9.77. The molecule has 2 heterocycles. The molecule has 0 aliphatic heterocycles. The van der Waals surface area contributed by atoms with E-state index in [1.807, 2.05) is 65.5 Å². The Labute approximate surface area is 214 Å². The van der Waals surface area contributed by atoms with Gasteiger partial charge in [-0.1, -0.05) is 91.0 Å². The number of primary amides is 1. The number of nitrogens with zero attached hydrogens (tertiary/aromatic N) is 4. The van der Waals surface area contributed by atoms with E-state index in [9.17, 15) is 9.90 Å². The smallest absolute Gasteiger partial charge is 0.267 e. The first-order valence-corrected chi connectivity index (χ1v) is 12.4. The van der Waals surface area contributed by atoms with Gasteiger partial charge in [0.1, 0.15) is 11.2 Å². The molecule has 1 aliphatic rings. The van der Waals surface area contributed by atoms with Crippen molar-refractivity contribution >= 4 is 5.91 Å². The minimum Gasteiger partial charge on any atom is -0.394 e. The van der Waals surface area contributed by atoms with Gasteiger partial charge in [0.25, 0.3) is 5.91 Å². The van der Waals surface area contributed by atoms with Crippen LogP contribution in [0.1, 0.15) is 38.4 Å². The first-order valence-electron chi connectivity index (χ1n) is 12.4. The standard InChI is InChI=1S/C30H27N5O2/c31-29(37)28-24-16-17-26-25(27(24)33-34(28)18-19-36)20-35(32-26)30(21-10-4-1-5-11-21,22-12-6-2-7-13-22)23-14-8-3-9-15-23/h1-15,20,36H,16-19H2,(H2,31,37). The Bertz CT molecular complexity index is 1460. The molecule has 0 bridgehead atoms. The van der Waals surface area contributed by atoms with Gasteiger partial charge in [0.05, 0.1) is 24.5 Å². The fourth-order valence-corrected chi connectivity index (χ4v) is 5.63. The molecule has 5 aromatic rings. The fourth-order valence-electron chi connectivity index (χ4n) is 5.63. The molecule has 184 valence electrons. The number of aryl methyl sites for hydroxylation is 1. The Kier molecular flexibility index (Phi) is 5.70. The van der Waals surface area contributed by atoms with Gasteiger partial charge in [-0.25, -0.2) is 0 Å². The van der Waals surface area contributed by atoms with Crippen molar-refractivity contribution in [3.8, 4) is 11.3 Å². The Morgan fingerprint density at radius 3 is 1.86 bits per heavy atom. The molecule has 0 fully saturated rings. The van der Waals surface area contributed by atoms with Gasteiger partial charge >= 0.3 is 0 Å². The number of aromatic nitrogens is 4. The molecule has 1 amide bonds. The van der Waals surface area contributed by atoms with Gasteiger partial charge in [-0.15, -0.1) is 0 Å². The number of hydrogen-bond acceptors (Lipinski definition) is 4. The lowest BCUT2D eigenvalue weighted by Gasteiger charge is -2.36. The molecule has 0 atom stereocenters. The Hall–Kier alpha value is -4.49. The van der Waals surface area contributed by atoms with Crippen molar-refractivity contribution in [1.29, 1.82) is 0 Å². The van der Waals surface area contributed by atoms with Crippen LogP contribution < -0.4 is 5.73 Å². The molecule has 3 N–H and O–H groups in total. The molecular weight excluding hydrogens is 462 g/mol. The van der Waals surface area contributed by atoms with E-state index in [-0.39, 0.29) is 13.2 Å². The van der Waals surface area contributed by atoms with E-state index in [1.54, 1.807) is 0 Å². The van der Waals surface area contributed by atoms with Crippen molar-refractivity contribution < 1.29 is 9.90 Å². The monoisotopic (exact) mass is 489 g/mol. The van der Waals surface area contributed by atoms with E-state index in [0.29, 0.717) is 24.2 Å². The number of hydrogen-bond donors (Lipinski definition) is 2. The van der Waals surface area contributed by atoms with Crippen molar-refractivity contribution in [3.63, 3.8) is 0 Å². The molecular formula is C30H27N5O2. The number of aliphatic hydroxyl groups is 1. The van der Waals surface area contributed by atoms with Gasteiger partial charge < -0.3 is 10.8 Å². The average Bonchev–Trinajstić information content (AvgIpc) is 3.53. The molecule has 0 saturated carbocycles. The number of carbonyl (C=O) groups is 1. The highest BCUT2D eigenvalue weighted by atomic mass is 16.3. The molecule has 7 heteroatoms. The van der Waals surface area contributed by atoms with Crippen molar-refractivity contribution in [2.45, 2.75) is 24.9 Å². The van der Waals surface area contributed by atoms with Crippen LogP contribution in [0, 0.1) is 0 Å². The number of aliphatic hydroxyl groups excluding tert-OH is 1. The van der Waals surface area contributed by atoms with Crippen LogP contribution in [0.2, 0.25) is 0 Å². The molecule has 0 unspecified atom stereocenters. The summed E-state index contributed by atoms with van der Waals surface area (Å²) >= 11 is 0. The van der Waals surface area contributed by atoms with Gasteiger partial charge in [-0.2, -0.15) is 10.2 Å². The van der Waals surface area contributed by atoms with Crippen LogP contribution in [0.3, 0.4) is 0 Å². The highest BCUT2D eigenvalue weighted by molar-refractivity contribution is 5.95. The van der Waals surface area contributed by atoms with Gasteiger partial charge in [0.15, 0.2) is 0 Å². The number of fused-ring (bicyclic) bond motifs is 3. The maximum atomic E-state index is 12.3. The second-order valence-electron chi connectivity index (χ2n) is 9.23. The van der Waals surface area contributed by atoms with Crippen LogP contribution in [0.4, 0.5) is 0 Å². The van der Waals surface area contributed by atoms with Crippen molar-refractivity contribution in [2.75, 3.05) is 6.61 Å². The zero-order chi connectivity index (χ0) is 25.4. The normalized spacial score (nSPS) is 12.7. The Morgan fingerprint density at radius 1 is 0.838 bits per heavy atom. The molecule has 2 aromatic heterocycles. The summed E-state index contributed by atoms with van der Waals surface area (Å²) in [6.07, 6.45) is 3.31. The van der Waals surface area contributed by atoms with Crippen molar-refractivity contribution in [3.05, 3.63) is 131 Å². The van der Waals surface area contributed by atoms with E-state index >= 15 is 0 Å². The molecule has 37 heavy (non-hydrogen) atoms. The van der Waals surface area contributed by atoms with Crippen LogP contribution in [0.25, 0.3) is 11.3 Å². The summed E-state index contributed by atoms with van der Waals surface area (Å²) in [6, 6.07) is 31.1. The summed E-state index contributed by atoms with van der Waals surface area (Å²) in [4.78, 5) is 12.3. The van der Waals surface area contributed by atoms with E-state index in [0.717, 1.165) is 33.5 Å². The summed E-state index contributed by atoms with van der Waals surface area (Å²) in [5.74, 6) is -0.537. The van der Waals surface area contributed by atoms with Crippen LogP contribution in [-0.4, -0.2) is 37.2 Å². The molecule has 3 aromatic carbocycles. The molecule has 0 radical (unpaired) electrons. The maximum Gasteiger partial charge on any atom is 0.267 e. The average molecular weight is 490 g/mol. The van der Waals surface area contributed by atoms with Gasteiger partial charge in [0, 0.05) is 17.3 Å². The zero-order valence-electron chi connectivity index (χ0n) is 20.3. The first-order chi connectivity index (χ1) is 18.1. The summed E-state index contributed by atoms with van der Waals surface area (Å²) in [7, 11) is 0. The second-order valence-corrected chi connectivity index (χ2v) is 9.23. The first kappa shape index (κ1) is 22.9. The van der Waals surface area contributed by atoms with Gasteiger partial charge in [-0.3, -0.25) is 14.2 Å². The zero-order valence-corrected chi connectivity index (χ0v) is 20.3. The summed E-state index contributed by atoms with van der Waals surface area (Å²) < 4.78 is 3.57. The Morgan fingerprint density at radius 2 is 1.38 bits per heavy atom. The number of nitrogens with two attached hydrogens (primary N) is 1. The predicted molar refractivity (Wildman–Crippen MR) is 141 cm³/mol. The minimum absolute atomic E-state index is 0.133. The summed E-state index contributed by atoms with van der Waals surface area (Å²) in [5, 5.41) is 19.4. The van der Waals surface area contributed by atoms with E-state index < -0.39 is 11.4 Å². The molecule has 0 saturated heterocycles. The van der Waals surface area contributed by atoms with Gasteiger partial charge in [0.2, 0.25) is 0 Å². The van der Waals surface area contributed by atoms with E-state index in [1.165, 1.54) is 4.68 Å². The molecule has 7 nitrogen and oxygen atoms in total. The maximum absolute atomic E-state index is 12.3. The second kappa shape index (κ2) is 9.19. The Balaban J connectivity index is 1.64. The van der Waals surface area contributed by atoms with Crippen LogP contribution in [0.5, 0.6) is 0 Å². The number of rotatable bonds is 7. The van der Waals surface area contributed by atoms with Crippen molar-refractivity contribution in [2.24, 2.45) is 5.73 Å². The fraction of sp³-hybridized carbons (Fsp3) is 0.167. The summed E-state index contributed by atoms with van der Waals surface area (Å²) in [6.45, 7) is 0.0722. The highest BCUT2D eigenvalue weighted by Crippen LogP contribution is 2.43. The highest BCUT2D eigenvalue weighted by Gasteiger charge is 2.41. The van der Waals surface area contributed by atoms with Crippen LogP contribution >= 0.6 is 0 Å². The molecule has 0 spiro atoms. The van der Waals surface area contributed by atoms with Crippen molar-refractivity contribution in [1.82, 2.24) is 19.6 Å². The predicted octanol–water partition coefficient (Wildman–Crippen LogP) is 3.78.